The lowest BCUT2D eigenvalue weighted by atomic mass is 9.96. The molecule has 2 aliphatic heterocycles. The number of benzene rings is 4. The van der Waals surface area contributed by atoms with Crippen LogP contribution in [0.5, 0.6) is 0 Å². The number of anilines is 4. The van der Waals surface area contributed by atoms with Crippen molar-refractivity contribution >= 4 is 159 Å². The number of piperidine rings is 1. The molecule has 0 aliphatic carbocycles. The molecule has 2 fully saturated rings. The number of rotatable bonds is 20. The van der Waals surface area contributed by atoms with E-state index in [0.29, 0.717) is 168 Å². The summed E-state index contributed by atoms with van der Waals surface area (Å²) in [7, 11) is 17.7. The molecule has 10 amide bonds. The SMILES string of the molecule is CCC(=O)Nc1cncc(-c2cnc3n[nH]c(-c4nc5c(C(=O)N(CC)CC)cccc5[nH]4)c3c2)c1.CN(C)C(=O)Nc1cncc(-c2cnc3n[nH]c(-c4nc5c(C(=O)N(C)C)cccc5[nH]4)c3c2)c1.CN1CCC(C(=O)Nc2cncc(-c3cnc4n[nH]c(-c5nc6c(C(=O)N(C)C)cccc6[nH]5)c4c3)c2)CC1.CN1CCN(C(=O)Nc2cncc(-c3cnc4n[nH]c(-c5nc6c(C(=O)N(C)C)cccc6[nH]5)c4c3)c2)CC1. The van der Waals surface area contributed by atoms with E-state index in [9.17, 15) is 38.4 Å². The van der Waals surface area contributed by atoms with Gasteiger partial charge in [-0.05, 0) is 151 Å². The van der Waals surface area contributed by atoms with Gasteiger partial charge >= 0.3 is 12.1 Å². The normalized spacial score (nSPS) is 12.9. The number of H-pyrrole nitrogens is 8. The number of carbonyl (C=O) groups is 8. The Kier molecular flexibility index (Phi) is 28.3. The van der Waals surface area contributed by atoms with Crippen molar-refractivity contribution in [2.75, 3.05) is 144 Å². The summed E-state index contributed by atoms with van der Waals surface area (Å²) in [5.41, 5.74) is 21.2. The van der Waals surface area contributed by atoms with Crippen LogP contribution in [-0.2, 0) is 9.59 Å². The third-order valence-corrected chi connectivity index (χ3v) is 25.8. The predicted octanol–water partition coefficient (Wildman–Crippen LogP) is 14.3. The van der Waals surface area contributed by atoms with Crippen molar-refractivity contribution in [1.82, 2.24) is 160 Å². The summed E-state index contributed by atoms with van der Waals surface area (Å²) in [5, 5.41) is 44.2. The van der Waals surface area contributed by atoms with Gasteiger partial charge in [-0.15, -0.1) is 0 Å². The molecule has 12 N–H and O–H groups in total. The van der Waals surface area contributed by atoms with Crippen LogP contribution in [0.1, 0.15) is 81.5 Å². The van der Waals surface area contributed by atoms with E-state index in [2.05, 4.69) is 146 Å². The zero-order chi connectivity index (χ0) is 104. The van der Waals surface area contributed by atoms with E-state index >= 15 is 0 Å². The number of fused-ring (bicyclic) bond motifs is 8. The highest BCUT2D eigenvalue weighted by Crippen LogP contribution is 2.38. The zero-order valence-corrected chi connectivity index (χ0v) is 83.8. The van der Waals surface area contributed by atoms with Crippen LogP contribution in [0.2, 0.25) is 0 Å². The molecule has 149 heavy (non-hydrogen) atoms. The second kappa shape index (κ2) is 42.6. The Balaban J connectivity index is 0.000000125. The first-order chi connectivity index (χ1) is 72.1. The summed E-state index contributed by atoms with van der Waals surface area (Å²) in [6.07, 6.45) is 22.4. The van der Waals surface area contributed by atoms with E-state index in [-0.39, 0.29) is 53.4 Å². The van der Waals surface area contributed by atoms with Gasteiger partial charge in [0.1, 0.15) is 44.8 Å². The van der Waals surface area contributed by atoms with Crippen molar-refractivity contribution in [2.45, 2.75) is 40.0 Å². The van der Waals surface area contributed by atoms with Crippen molar-refractivity contribution in [3.63, 3.8) is 0 Å². The molecular weight excluding hydrogens is 1890 g/mol. The number of imidazole rings is 4. The number of para-hydroxylation sites is 4. The Morgan fingerprint density at radius 2 is 0.644 bits per heavy atom. The number of urea groups is 2. The molecule has 0 atom stereocenters. The lowest BCUT2D eigenvalue weighted by Gasteiger charge is -2.32. The summed E-state index contributed by atoms with van der Waals surface area (Å²) in [5.74, 6) is 1.77. The smallest absolute Gasteiger partial charge is 0.321 e. The number of nitrogens with zero attached hydrogens (tertiary/aromatic N) is 24. The molecule has 44 nitrogen and oxygen atoms in total. The van der Waals surface area contributed by atoms with E-state index in [0.717, 1.165) is 127 Å². The highest BCUT2D eigenvalue weighted by molar-refractivity contribution is 6.10. The van der Waals surface area contributed by atoms with Gasteiger partial charge in [0.2, 0.25) is 11.8 Å². The van der Waals surface area contributed by atoms with Crippen molar-refractivity contribution in [2.24, 2.45) is 5.92 Å². The number of amides is 10. The molecule has 2 saturated heterocycles. The maximum absolute atomic E-state index is 13.1. The van der Waals surface area contributed by atoms with Crippen LogP contribution in [0.25, 0.3) is 179 Å². The number of hydrogen-bond acceptors (Lipinski definition) is 26. The number of piperazine rings is 1. The Hall–Kier alpha value is -18.9. The number of likely N-dealkylation sites (tertiary alicyclic amines) is 1. The van der Waals surface area contributed by atoms with Crippen LogP contribution in [0.3, 0.4) is 0 Å². The lowest BCUT2D eigenvalue weighted by Crippen LogP contribution is -2.48. The fourth-order valence-corrected chi connectivity index (χ4v) is 17.5. The highest BCUT2D eigenvalue weighted by atomic mass is 16.2. The first-order valence-electron chi connectivity index (χ1n) is 48.2. The minimum Gasteiger partial charge on any atom is -0.345 e. The standard InChI is InChI=1S/C28H29N9O2.C27H28N10O2.C26H26N8O2.C24H23N9O2/c1-36(2)28(39)20-5-4-6-22-23(20)33-26(32-22)24-21-12-18(14-30-25(21)35-34-24)17-11-19(15-29-13-17)31-27(38)16-7-9-37(3)10-8-16;1-35(2)26(38)19-5-4-6-21-22(19)32-25(31-21)23-20-12-17(14-29-24(20)34-33-23)16-11-18(15-28-13-16)30-27(39)37-9-7-36(3)8-10-37;1-4-21(35)29-17-10-15(12-27-14-17)16-11-19-23(32-33-24(19)28-13-16)25-30-20-9-7-8-18(22(20)31-25)26(36)34(5-2)6-3;1-32(2)23(34)16-6-5-7-18-19(16)29-22(28-18)20-17-9-14(11-26-21(17)31-30-20)13-8-15(12-25-10-13)27-24(35)33(3)4/h4-6,11-16H,7-10H2,1-3H3,(H,31,38)(H,32,33)(H,30,34,35);4-6,11-15H,7-10H2,1-3H3,(H,30,39)(H,31,32)(H,29,33,34);7-14H,4-6H2,1-3H3,(H,29,35)(H,30,31)(H,28,32,33);5-12H,1-4H3,(H,27,35)(H,28,29)(H,26,30,31). The van der Waals surface area contributed by atoms with E-state index in [1.54, 1.807) is 167 Å². The van der Waals surface area contributed by atoms with Crippen LogP contribution >= 0.6 is 0 Å². The maximum Gasteiger partial charge on any atom is 0.321 e. The van der Waals surface area contributed by atoms with Crippen LogP contribution < -0.4 is 21.3 Å². The van der Waals surface area contributed by atoms with E-state index in [4.69, 9.17) is 19.9 Å². The molecule has 0 radical (unpaired) electrons. The number of aromatic amines is 8. The van der Waals surface area contributed by atoms with E-state index in [1.165, 1.54) is 19.6 Å². The van der Waals surface area contributed by atoms with Crippen LogP contribution in [0.4, 0.5) is 32.3 Å². The van der Waals surface area contributed by atoms with Gasteiger partial charge in [0.05, 0.1) is 113 Å². The molecule has 0 unspecified atom stereocenters. The van der Waals surface area contributed by atoms with Gasteiger partial charge < -0.3 is 80.4 Å². The molecular formula is C105H106N36O8. The summed E-state index contributed by atoms with van der Waals surface area (Å²) in [6, 6.07) is 36.9. The molecule has 22 rings (SSSR count). The molecule has 20 aromatic rings. The lowest BCUT2D eigenvalue weighted by molar-refractivity contribution is -0.121. The zero-order valence-electron chi connectivity index (χ0n) is 83.8. The fourth-order valence-electron chi connectivity index (χ4n) is 17.5. The topological polar surface area (TPSA) is 543 Å². The molecule has 18 heterocycles. The molecule has 0 bridgehead atoms. The van der Waals surface area contributed by atoms with Crippen molar-refractivity contribution in [3.05, 3.63) is 218 Å². The van der Waals surface area contributed by atoms with Gasteiger partial charge in [-0.3, -0.25) is 69.1 Å². The molecule has 0 spiro atoms. The minimum absolute atomic E-state index is 0.00806. The first kappa shape index (κ1) is 98.9. The molecule has 2 aliphatic rings. The average molecular weight is 2000 g/mol. The van der Waals surface area contributed by atoms with Crippen molar-refractivity contribution in [1.29, 1.82) is 0 Å². The Morgan fingerprint density at radius 3 is 0.960 bits per heavy atom. The highest BCUT2D eigenvalue weighted by Gasteiger charge is 2.30. The summed E-state index contributed by atoms with van der Waals surface area (Å²) < 4.78 is 0. The molecule has 754 valence electrons. The Morgan fingerprint density at radius 1 is 0.342 bits per heavy atom. The maximum atomic E-state index is 13.1. The van der Waals surface area contributed by atoms with Crippen LogP contribution in [-0.4, -0.2) is 330 Å². The van der Waals surface area contributed by atoms with E-state index < -0.39 is 0 Å². The van der Waals surface area contributed by atoms with E-state index in [1.807, 2.05) is 116 Å². The van der Waals surface area contributed by atoms with Crippen LogP contribution in [0.15, 0.2) is 196 Å². The number of carbonyl (C=O) groups excluding carboxylic acids is 8. The largest absolute Gasteiger partial charge is 0.345 e. The summed E-state index contributed by atoms with van der Waals surface area (Å²) in [4.78, 5) is 182. The predicted molar refractivity (Wildman–Crippen MR) is 569 cm³/mol. The third-order valence-electron chi connectivity index (χ3n) is 25.8. The van der Waals surface area contributed by atoms with Gasteiger partial charge in [0.15, 0.2) is 45.9 Å². The van der Waals surface area contributed by atoms with Gasteiger partial charge in [0.25, 0.3) is 23.6 Å². The van der Waals surface area contributed by atoms with Gasteiger partial charge in [-0.1, -0.05) is 31.2 Å². The van der Waals surface area contributed by atoms with Gasteiger partial charge in [0, 0.05) is 202 Å². The Labute approximate surface area is 850 Å². The number of aromatic nitrogens is 24. The Bertz CT molecular complexity index is 8260. The molecule has 4 aromatic carbocycles. The van der Waals surface area contributed by atoms with Gasteiger partial charge in [-0.25, -0.2) is 49.5 Å². The first-order valence-corrected chi connectivity index (χ1v) is 48.2. The quantitative estimate of drug-likeness (QED) is 0.0337. The number of nitrogens with one attached hydrogen (secondary N) is 12. The third kappa shape index (κ3) is 21.0. The minimum atomic E-state index is -0.244. The summed E-state index contributed by atoms with van der Waals surface area (Å²) in [6.45, 7) is 11.9. The number of hydrogen-bond donors (Lipinski definition) is 12. The second-order valence-electron chi connectivity index (χ2n) is 36.9. The monoisotopic (exact) mass is 2000 g/mol. The average Bonchev–Trinajstić information content (AvgIpc) is 1.63. The van der Waals surface area contributed by atoms with Crippen LogP contribution in [0, 0.1) is 5.92 Å². The number of likely N-dealkylation sites (N-methyl/N-ethyl adjacent to an activating group) is 1. The molecule has 0 saturated carbocycles. The second-order valence-corrected chi connectivity index (χ2v) is 36.9. The van der Waals surface area contributed by atoms with Crippen molar-refractivity contribution < 1.29 is 38.4 Å². The van der Waals surface area contributed by atoms with Gasteiger partial charge in [-0.2, -0.15) is 20.4 Å². The fraction of sp³-hybridized carbons (Fsp3) is 0.238. The molecule has 44 heteroatoms. The van der Waals surface area contributed by atoms with Crippen molar-refractivity contribution in [3.8, 4) is 90.6 Å². The summed E-state index contributed by atoms with van der Waals surface area (Å²) >= 11 is 0. The number of pyridine rings is 8. The molecule has 16 aromatic heterocycles.